The standard InChI is InChI=1S/C8H15NO2S/c1-6(7(2)10)5-11-8(12)9(3)4/h6H,5H2,1-4H3. The van der Waals surface area contributed by atoms with Crippen LogP contribution in [0.1, 0.15) is 13.8 Å². The molecule has 0 radical (unpaired) electrons. The van der Waals surface area contributed by atoms with Crippen LogP contribution < -0.4 is 0 Å². The van der Waals surface area contributed by atoms with E-state index in [1.54, 1.807) is 25.9 Å². The highest BCUT2D eigenvalue weighted by molar-refractivity contribution is 7.80. The van der Waals surface area contributed by atoms with Gasteiger partial charge in [0.2, 0.25) is 0 Å². The minimum absolute atomic E-state index is 0.0806. The summed E-state index contributed by atoms with van der Waals surface area (Å²) in [6.07, 6.45) is 0. The van der Waals surface area contributed by atoms with Crippen molar-refractivity contribution in [3.63, 3.8) is 0 Å². The van der Waals surface area contributed by atoms with Crippen molar-refractivity contribution in [3.05, 3.63) is 0 Å². The Kier molecular flexibility index (Phi) is 4.81. The smallest absolute Gasteiger partial charge is 0.258 e. The molecule has 0 rings (SSSR count). The predicted octanol–water partition coefficient (Wildman–Crippen LogP) is 1.07. The number of rotatable bonds is 3. The Morgan fingerprint density at radius 1 is 1.58 bits per heavy atom. The monoisotopic (exact) mass is 189 g/mol. The number of carbonyl (C=O) groups excluding carboxylic acids is 1. The first-order valence-corrected chi connectivity index (χ1v) is 4.20. The number of hydrogen-bond acceptors (Lipinski definition) is 3. The van der Waals surface area contributed by atoms with Crippen LogP contribution >= 0.6 is 12.2 Å². The van der Waals surface area contributed by atoms with Crippen LogP contribution in [0.15, 0.2) is 0 Å². The van der Waals surface area contributed by atoms with E-state index in [4.69, 9.17) is 17.0 Å². The SMILES string of the molecule is CC(=O)C(C)COC(=S)N(C)C. The van der Waals surface area contributed by atoms with Crippen molar-refractivity contribution in [1.29, 1.82) is 0 Å². The highest BCUT2D eigenvalue weighted by Crippen LogP contribution is 1.98. The van der Waals surface area contributed by atoms with Gasteiger partial charge in [0.15, 0.2) is 0 Å². The van der Waals surface area contributed by atoms with Crippen LogP contribution in [0.4, 0.5) is 0 Å². The van der Waals surface area contributed by atoms with Crippen molar-refractivity contribution in [2.75, 3.05) is 20.7 Å². The summed E-state index contributed by atoms with van der Waals surface area (Å²) in [6.45, 7) is 3.74. The maximum absolute atomic E-state index is 10.8. The summed E-state index contributed by atoms with van der Waals surface area (Å²) in [6, 6.07) is 0. The molecule has 1 unspecified atom stereocenters. The number of nitrogens with zero attached hydrogens (tertiary/aromatic N) is 1. The van der Waals surface area contributed by atoms with Crippen LogP contribution in [0, 0.1) is 5.92 Å². The number of ether oxygens (including phenoxy) is 1. The molecular weight excluding hydrogens is 174 g/mol. The largest absolute Gasteiger partial charge is 0.470 e. The molecule has 0 fully saturated rings. The number of ketones is 1. The molecule has 0 saturated carbocycles. The van der Waals surface area contributed by atoms with Gasteiger partial charge in [0.1, 0.15) is 12.4 Å². The van der Waals surface area contributed by atoms with Crippen LogP contribution in [-0.2, 0) is 9.53 Å². The van der Waals surface area contributed by atoms with E-state index in [9.17, 15) is 4.79 Å². The van der Waals surface area contributed by atoms with Crippen LogP contribution in [-0.4, -0.2) is 36.6 Å². The first-order chi connectivity index (χ1) is 5.45. The van der Waals surface area contributed by atoms with Crippen molar-refractivity contribution < 1.29 is 9.53 Å². The number of thiocarbonyl (C=S) groups is 1. The van der Waals surface area contributed by atoms with Gasteiger partial charge in [-0.05, 0) is 19.1 Å². The summed E-state index contributed by atoms with van der Waals surface area (Å²) >= 11 is 4.88. The summed E-state index contributed by atoms with van der Waals surface area (Å²) < 4.78 is 5.16. The third kappa shape index (κ3) is 4.28. The van der Waals surface area contributed by atoms with E-state index in [0.29, 0.717) is 11.8 Å². The molecule has 0 saturated heterocycles. The van der Waals surface area contributed by atoms with E-state index in [-0.39, 0.29) is 11.7 Å². The lowest BCUT2D eigenvalue weighted by Gasteiger charge is -2.16. The third-order valence-corrected chi connectivity index (χ3v) is 2.00. The third-order valence-electron chi connectivity index (χ3n) is 1.52. The maximum atomic E-state index is 10.8. The highest BCUT2D eigenvalue weighted by atomic mass is 32.1. The summed E-state index contributed by atoms with van der Waals surface area (Å²) in [5, 5.41) is 0.420. The Labute approximate surface area is 78.7 Å². The molecule has 0 aromatic heterocycles. The van der Waals surface area contributed by atoms with Gasteiger partial charge in [0.25, 0.3) is 5.17 Å². The normalized spacial score (nSPS) is 12.0. The van der Waals surface area contributed by atoms with E-state index >= 15 is 0 Å². The molecular formula is C8H15NO2S. The van der Waals surface area contributed by atoms with E-state index in [1.807, 2.05) is 6.92 Å². The molecule has 0 heterocycles. The van der Waals surface area contributed by atoms with E-state index in [2.05, 4.69) is 0 Å². The van der Waals surface area contributed by atoms with Crippen LogP contribution in [0.2, 0.25) is 0 Å². The topological polar surface area (TPSA) is 29.5 Å². The molecule has 70 valence electrons. The van der Waals surface area contributed by atoms with Gasteiger partial charge < -0.3 is 9.64 Å². The van der Waals surface area contributed by atoms with Crippen molar-refractivity contribution >= 4 is 23.2 Å². The highest BCUT2D eigenvalue weighted by Gasteiger charge is 2.09. The van der Waals surface area contributed by atoms with Crippen LogP contribution in [0.3, 0.4) is 0 Å². The maximum Gasteiger partial charge on any atom is 0.258 e. The quantitative estimate of drug-likeness (QED) is 0.621. The molecule has 0 aliphatic heterocycles. The van der Waals surface area contributed by atoms with Gasteiger partial charge in [-0.15, -0.1) is 0 Å². The first-order valence-electron chi connectivity index (χ1n) is 3.79. The minimum atomic E-state index is -0.0806. The lowest BCUT2D eigenvalue weighted by molar-refractivity contribution is -0.121. The van der Waals surface area contributed by atoms with Gasteiger partial charge in [-0.2, -0.15) is 0 Å². The van der Waals surface area contributed by atoms with Gasteiger partial charge in [-0.1, -0.05) is 6.92 Å². The molecule has 0 aliphatic rings. The summed E-state index contributed by atoms with van der Waals surface area (Å²) in [4.78, 5) is 12.5. The number of Topliss-reactive ketones (excluding diaryl/α,β-unsaturated/α-hetero) is 1. The van der Waals surface area contributed by atoms with Crippen LogP contribution in [0.5, 0.6) is 0 Å². The Morgan fingerprint density at radius 3 is 2.42 bits per heavy atom. The second-order valence-corrected chi connectivity index (χ2v) is 3.33. The van der Waals surface area contributed by atoms with Gasteiger partial charge in [-0.3, -0.25) is 4.79 Å². The molecule has 0 aliphatic carbocycles. The molecule has 3 nitrogen and oxygen atoms in total. The summed E-state index contributed by atoms with van der Waals surface area (Å²) in [5.41, 5.74) is 0. The van der Waals surface area contributed by atoms with Crippen molar-refractivity contribution in [2.45, 2.75) is 13.8 Å². The zero-order valence-electron chi connectivity index (χ0n) is 7.96. The van der Waals surface area contributed by atoms with Gasteiger partial charge in [0.05, 0.1) is 0 Å². The fourth-order valence-corrected chi connectivity index (χ4v) is 0.511. The van der Waals surface area contributed by atoms with Gasteiger partial charge in [-0.25, -0.2) is 0 Å². The molecule has 0 bridgehead atoms. The summed E-state index contributed by atoms with van der Waals surface area (Å²) in [7, 11) is 3.61. The number of carbonyl (C=O) groups is 1. The molecule has 4 heteroatoms. The van der Waals surface area contributed by atoms with E-state index in [1.165, 1.54) is 0 Å². The molecule has 0 spiro atoms. The first kappa shape index (κ1) is 11.4. The fraction of sp³-hybridized carbons (Fsp3) is 0.750. The van der Waals surface area contributed by atoms with Crippen LogP contribution in [0.25, 0.3) is 0 Å². The minimum Gasteiger partial charge on any atom is -0.470 e. The molecule has 1 atom stereocenters. The van der Waals surface area contributed by atoms with Crippen molar-refractivity contribution in [1.82, 2.24) is 4.90 Å². The number of hydrogen-bond donors (Lipinski definition) is 0. The van der Waals surface area contributed by atoms with Gasteiger partial charge in [0, 0.05) is 20.0 Å². The van der Waals surface area contributed by atoms with E-state index < -0.39 is 0 Å². The Hall–Kier alpha value is -0.640. The second kappa shape index (κ2) is 5.09. The predicted molar refractivity (Wildman–Crippen MR) is 52.1 cm³/mol. The van der Waals surface area contributed by atoms with E-state index in [0.717, 1.165) is 0 Å². The average Bonchev–Trinajstić information content (AvgIpc) is 1.98. The zero-order valence-corrected chi connectivity index (χ0v) is 8.77. The van der Waals surface area contributed by atoms with Gasteiger partial charge >= 0.3 is 0 Å². The second-order valence-electron chi connectivity index (χ2n) is 2.98. The zero-order chi connectivity index (χ0) is 9.72. The lowest BCUT2D eigenvalue weighted by Crippen LogP contribution is -2.26. The molecule has 0 N–H and O–H groups in total. The fourth-order valence-electron chi connectivity index (χ4n) is 0.443. The molecule has 0 aromatic carbocycles. The Bertz CT molecular complexity index is 180. The van der Waals surface area contributed by atoms with Crippen molar-refractivity contribution in [3.8, 4) is 0 Å². The molecule has 12 heavy (non-hydrogen) atoms. The Balaban J connectivity index is 3.69. The average molecular weight is 189 g/mol. The lowest BCUT2D eigenvalue weighted by atomic mass is 10.1. The Morgan fingerprint density at radius 2 is 2.08 bits per heavy atom. The summed E-state index contributed by atoms with van der Waals surface area (Å²) in [5.74, 6) is 0.0412. The van der Waals surface area contributed by atoms with Crippen molar-refractivity contribution in [2.24, 2.45) is 5.92 Å². The molecule has 0 amide bonds. The molecule has 0 aromatic rings.